The predicted molar refractivity (Wildman–Crippen MR) is 145 cm³/mol. The molecule has 0 rings (SSSR count). The molecule has 0 saturated carbocycles. The van der Waals surface area contributed by atoms with Crippen molar-refractivity contribution in [1.82, 2.24) is 0 Å². The largest absolute Gasteiger partial charge is 0.0654 e. The van der Waals surface area contributed by atoms with Crippen LogP contribution in [0.25, 0.3) is 0 Å². The van der Waals surface area contributed by atoms with Crippen LogP contribution in [-0.2, 0) is 0 Å². The first-order valence-electron chi connectivity index (χ1n) is 15.3. The highest BCUT2D eigenvalue weighted by molar-refractivity contribution is 4.62. The summed E-state index contributed by atoms with van der Waals surface area (Å²) in [6, 6.07) is 0. The molecule has 1 unspecified atom stereocenters. The highest BCUT2D eigenvalue weighted by Crippen LogP contribution is 2.24. The lowest BCUT2D eigenvalue weighted by molar-refractivity contribution is 0.366. The Bertz CT molecular complexity index is 294. The maximum Gasteiger partial charge on any atom is -0.0414 e. The third-order valence-electron chi connectivity index (χ3n) is 7.40. The molecule has 0 N–H and O–H groups in total. The summed E-state index contributed by atoms with van der Waals surface area (Å²) in [5, 5.41) is 0. The average molecular weight is 437 g/mol. The first-order valence-corrected chi connectivity index (χ1v) is 15.3. The molecule has 0 aliphatic carbocycles. The molecule has 0 saturated heterocycles. The maximum absolute atomic E-state index is 2.34. The van der Waals surface area contributed by atoms with Crippen molar-refractivity contribution >= 4 is 0 Å². The van der Waals surface area contributed by atoms with Crippen LogP contribution in [0.2, 0.25) is 0 Å². The van der Waals surface area contributed by atoms with Crippen molar-refractivity contribution in [3.05, 3.63) is 0 Å². The molecule has 0 aromatic heterocycles. The van der Waals surface area contributed by atoms with Crippen LogP contribution < -0.4 is 0 Å². The van der Waals surface area contributed by atoms with Gasteiger partial charge in [-0.25, -0.2) is 0 Å². The van der Waals surface area contributed by atoms with E-state index in [4.69, 9.17) is 0 Å². The van der Waals surface area contributed by atoms with Gasteiger partial charge < -0.3 is 0 Å². The second-order valence-corrected chi connectivity index (χ2v) is 10.7. The van der Waals surface area contributed by atoms with Crippen LogP contribution in [-0.4, -0.2) is 0 Å². The fourth-order valence-corrected chi connectivity index (χ4v) is 5.13. The molecule has 0 nitrogen and oxygen atoms in total. The highest BCUT2D eigenvalue weighted by Gasteiger charge is 2.08. The normalized spacial score (nSPS) is 12.5. The zero-order valence-corrected chi connectivity index (χ0v) is 22.7. The Morgan fingerprint density at radius 2 is 0.452 bits per heavy atom. The van der Waals surface area contributed by atoms with Gasteiger partial charge in [0.1, 0.15) is 0 Å². The molecule has 1 atom stereocenters. The van der Waals surface area contributed by atoms with Crippen LogP contribution in [0.3, 0.4) is 0 Å². The van der Waals surface area contributed by atoms with Gasteiger partial charge in [-0.15, -0.1) is 0 Å². The van der Waals surface area contributed by atoms with E-state index in [0.717, 1.165) is 5.92 Å². The zero-order chi connectivity index (χ0) is 22.7. The van der Waals surface area contributed by atoms with Crippen LogP contribution in [0.4, 0.5) is 0 Å². The minimum Gasteiger partial charge on any atom is -0.0654 e. The van der Waals surface area contributed by atoms with Gasteiger partial charge in [0.15, 0.2) is 0 Å². The van der Waals surface area contributed by atoms with E-state index in [0.29, 0.717) is 0 Å². The van der Waals surface area contributed by atoms with Gasteiger partial charge >= 0.3 is 0 Å². The number of unbranched alkanes of at least 4 members (excludes halogenated alkanes) is 21. The van der Waals surface area contributed by atoms with Gasteiger partial charge in [-0.3, -0.25) is 0 Å². The van der Waals surface area contributed by atoms with Gasteiger partial charge in [-0.05, 0) is 5.92 Å². The number of rotatable bonds is 27. The van der Waals surface area contributed by atoms with E-state index in [-0.39, 0.29) is 0 Å². The molecular formula is C31H64. The van der Waals surface area contributed by atoms with Gasteiger partial charge in [0.2, 0.25) is 0 Å². The Balaban J connectivity index is 3.62. The molecule has 0 aliphatic heterocycles. The summed E-state index contributed by atoms with van der Waals surface area (Å²) >= 11 is 0. The fraction of sp³-hybridized carbons (Fsp3) is 1.00. The van der Waals surface area contributed by atoms with Crippen LogP contribution >= 0.6 is 0 Å². The van der Waals surface area contributed by atoms with Crippen molar-refractivity contribution in [3.8, 4) is 0 Å². The van der Waals surface area contributed by atoms with E-state index >= 15 is 0 Å². The molecule has 0 amide bonds. The van der Waals surface area contributed by atoms with E-state index in [1.165, 1.54) is 173 Å². The molecule has 0 aromatic rings. The summed E-state index contributed by atoms with van der Waals surface area (Å²) in [4.78, 5) is 0. The average Bonchev–Trinajstić information content (AvgIpc) is 2.78. The molecule has 0 bridgehead atoms. The molecule has 0 aromatic carbocycles. The van der Waals surface area contributed by atoms with Gasteiger partial charge in [-0.2, -0.15) is 0 Å². The molecule has 0 spiro atoms. The Hall–Kier alpha value is 0. The summed E-state index contributed by atoms with van der Waals surface area (Å²) in [7, 11) is 0. The second kappa shape index (κ2) is 28.0. The summed E-state index contributed by atoms with van der Waals surface area (Å²) in [6.07, 6.45) is 39.8. The quantitative estimate of drug-likeness (QED) is 0.112. The van der Waals surface area contributed by atoms with Gasteiger partial charge in [-0.1, -0.05) is 194 Å². The maximum atomic E-state index is 2.34. The third-order valence-corrected chi connectivity index (χ3v) is 7.40. The van der Waals surface area contributed by atoms with Crippen molar-refractivity contribution in [1.29, 1.82) is 0 Å². The SMILES string of the molecule is CCCCCCCCCCCCCCCC(CCCCCC)CCCCCCCCC. The lowest BCUT2D eigenvalue weighted by Gasteiger charge is -2.17. The van der Waals surface area contributed by atoms with Crippen LogP contribution in [0.15, 0.2) is 0 Å². The van der Waals surface area contributed by atoms with Crippen LogP contribution in [0, 0.1) is 5.92 Å². The molecule has 188 valence electrons. The minimum atomic E-state index is 1.04. The summed E-state index contributed by atoms with van der Waals surface area (Å²) in [6.45, 7) is 6.97. The van der Waals surface area contributed by atoms with E-state index in [2.05, 4.69) is 20.8 Å². The monoisotopic (exact) mass is 437 g/mol. The minimum absolute atomic E-state index is 1.04. The first kappa shape index (κ1) is 31.0. The van der Waals surface area contributed by atoms with E-state index < -0.39 is 0 Å². The van der Waals surface area contributed by atoms with Crippen molar-refractivity contribution < 1.29 is 0 Å². The van der Waals surface area contributed by atoms with Crippen molar-refractivity contribution in [2.24, 2.45) is 5.92 Å². The molecule has 0 heteroatoms. The van der Waals surface area contributed by atoms with Gasteiger partial charge in [0, 0.05) is 0 Å². The van der Waals surface area contributed by atoms with Crippen molar-refractivity contribution in [3.63, 3.8) is 0 Å². The molecule has 0 radical (unpaired) electrons. The highest BCUT2D eigenvalue weighted by atomic mass is 14.1. The lowest BCUT2D eigenvalue weighted by Crippen LogP contribution is -2.01. The second-order valence-electron chi connectivity index (χ2n) is 10.7. The van der Waals surface area contributed by atoms with Crippen LogP contribution in [0.1, 0.15) is 194 Å². The number of hydrogen-bond acceptors (Lipinski definition) is 0. The standard InChI is InChI=1S/C31H64/c1-4-7-10-13-15-16-17-18-19-20-22-24-27-30-31(28-25-12-9-6-3)29-26-23-21-14-11-8-5-2/h31H,4-30H2,1-3H3. The number of hydrogen-bond donors (Lipinski definition) is 0. The zero-order valence-electron chi connectivity index (χ0n) is 22.7. The van der Waals surface area contributed by atoms with Gasteiger partial charge in [0.25, 0.3) is 0 Å². The summed E-state index contributed by atoms with van der Waals surface area (Å²) < 4.78 is 0. The Labute approximate surface area is 200 Å². The molecule has 0 fully saturated rings. The van der Waals surface area contributed by atoms with Crippen molar-refractivity contribution in [2.75, 3.05) is 0 Å². The van der Waals surface area contributed by atoms with Gasteiger partial charge in [0.05, 0.1) is 0 Å². The first-order chi connectivity index (χ1) is 15.3. The smallest absolute Gasteiger partial charge is 0.0414 e. The topological polar surface area (TPSA) is 0 Å². The summed E-state index contributed by atoms with van der Waals surface area (Å²) in [5.41, 5.74) is 0. The molecule has 0 aliphatic rings. The molecular weight excluding hydrogens is 372 g/mol. The fourth-order valence-electron chi connectivity index (χ4n) is 5.13. The lowest BCUT2D eigenvalue weighted by atomic mass is 9.89. The Morgan fingerprint density at radius 3 is 0.710 bits per heavy atom. The molecule has 31 heavy (non-hydrogen) atoms. The third kappa shape index (κ3) is 26.1. The van der Waals surface area contributed by atoms with Crippen molar-refractivity contribution in [2.45, 2.75) is 194 Å². The van der Waals surface area contributed by atoms with Crippen LogP contribution in [0.5, 0.6) is 0 Å². The van der Waals surface area contributed by atoms with E-state index in [1.54, 1.807) is 0 Å². The Morgan fingerprint density at radius 1 is 0.258 bits per heavy atom. The van der Waals surface area contributed by atoms with E-state index in [1.807, 2.05) is 0 Å². The molecule has 0 heterocycles. The van der Waals surface area contributed by atoms with E-state index in [9.17, 15) is 0 Å². The predicted octanol–water partition coefficient (Wildman–Crippen LogP) is 12.2. The summed E-state index contributed by atoms with van der Waals surface area (Å²) in [5.74, 6) is 1.04. The Kier molecular flexibility index (Phi) is 28.0.